The number of ether oxygens (including phenoxy) is 4. The minimum atomic E-state index is -0.464. The van der Waals surface area contributed by atoms with Gasteiger partial charge in [0.15, 0.2) is 0 Å². The molecule has 0 spiro atoms. The number of hydrogen-bond acceptors (Lipinski definition) is 10. The normalized spacial score (nSPS) is 10.4. The molecule has 2 heterocycles. The first-order valence-electron chi connectivity index (χ1n) is 8.91. The highest BCUT2D eigenvalue weighted by Crippen LogP contribution is 2.29. The zero-order valence-corrected chi connectivity index (χ0v) is 18.7. The van der Waals surface area contributed by atoms with E-state index in [0.717, 1.165) is 20.9 Å². The van der Waals surface area contributed by atoms with Gasteiger partial charge in [0.25, 0.3) is 0 Å². The molecule has 0 saturated carbocycles. The number of carbonyl (C=O) groups excluding carboxylic acids is 4. The maximum Gasteiger partial charge on any atom is 0.348 e. The lowest BCUT2D eigenvalue weighted by Crippen LogP contribution is -2.02. The van der Waals surface area contributed by atoms with Crippen LogP contribution in [-0.2, 0) is 54.6 Å². The number of rotatable bonds is 9. The Labute approximate surface area is 181 Å². The van der Waals surface area contributed by atoms with Gasteiger partial charge >= 0.3 is 23.9 Å². The van der Waals surface area contributed by atoms with E-state index in [-0.39, 0.29) is 13.2 Å². The summed E-state index contributed by atoms with van der Waals surface area (Å²) in [6, 6.07) is 3.43. The van der Waals surface area contributed by atoms with Gasteiger partial charge in [-0.1, -0.05) is 0 Å². The Morgan fingerprint density at radius 2 is 1.10 bits per heavy atom. The molecule has 0 saturated heterocycles. The van der Waals surface area contributed by atoms with Crippen molar-refractivity contribution in [3.63, 3.8) is 0 Å². The van der Waals surface area contributed by atoms with Crippen LogP contribution in [0.15, 0.2) is 12.1 Å². The Balaban J connectivity index is 2.25. The lowest BCUT2D eigenvalue weighted by Gasteiger charge is -2.06. The standard InChI is InChI=1S/C20H22O8S2/c1-11(21)27-9-17-13(7-15(29-17)19(23)25-3)5-6-14-8-16(20(24)26-4)30-18(14)10-28-12(2)22/h7-8H,5-6,9-10H2,1-4H3. The summed E-state index contributed by atoms with van der Waals surface area (Å²) in [6.07, 6.45) is 1.04. The summed E-state index contributed by atoms with van der Waals surface area (Å²) in [4.78, 5) is 48.4. The largest absolute Gasteiger partial charge is 0.465 e. The van der Waals surface area contributed by atoms with Crippen LogP contribution < -0.4 is 0 Å². The predicted octanol–water partition coefficient (Wildman–Crippen LogP) is 3.29. The molecule has 0 N–H and O–H groups in total. The second kappa shape index (κ2) is 10.9. The van der Waals surface area contributed by atoms with Gasteiger partial charge in [0.1, 0.15) is 23.0 Å². The van der Waals surface area contributed by atoms with Crippen molar-refractivity contribution >= 4 is 46.6 Å². The molecule has 0 atom stereocenters. The molecule has 0 amide bonds. The Morgan fingerprint density at radius 3 is 1.40 bits per heavy atom. The maximum absolute atomic E-state index is 11.9. The topological polar surface area (TPSA) is 105 Å². The number of hydrogen-bond donors (Lipinski definition) is 0. The smallest absolute Gasteiger partial charge is 0.348 e. The molecule has 0 aromatic carbocycles. The summed E-state index contributed by atoms with van der Waals surface area (Å²) in [5.41, 5.74) is 1.68. The summed E-state index contributed by atoms with van der Waals surface area (Å²) in [5.74, 6) is -1.76. The van der Waals surface area contributed by atoms with Crippen LogP contribution in [0.2, 0.25) is 0 Å². The molecule has 0 unspecified atom stereocenters. The highest BCUT2D eigenvalue weighted by molar-refractivity contribution is 7.14. The Bertz CT molecular complexity index is 865. The van der Waals surface area contributed by atoms with E-state index < -0.39 is 23.9 Å². The van der Waals surface area contributed by atoms with Gasteiger partial charge < -0.3 is 18.9 Å². The average Bonchev–Trinajstić information content (AvgIpc) is 3.31. The van der Waals surface area contributed by atoms with Crippen LogP contribution in [0.1, 0.15) is 54.1 Å². The fourth-order valence-electron chi connectivity index (χ4n) is 2.61. The van der Waals surface area contributed by atoms with E-state index in [9.17, 15) is 19.2 Å². The van der Waals surface area contributed by atoms with Crippen molar-refractivity contribution in [3.05, 3.63) is 42.8 Å². The number of esters is 4. The van der Waals surface area contributed by atoms with Gasteiger partial charge in [-0.25, -0.2) is 9.59 Å². The SMILES string of the molecule is COC(=O)c1cc(CCc2cc(C(=O)OC)sc2COC(C)=O)c(COC(C)=O)s1. The molecule has 0 aliphatic rings. The van der Waals surface area contributed by atoms with E-state index >= 15 is 0 Å². The van der Waals surface area contributed by atoms with Crippen molar-refractivity contribution in [1.29, 1.82) is 0 Å². The van der Waals surface area contributed by atoms with Gasteiger partial charge in [-0.15, -0.1) is 22.7 Å². The summed E-state index contributed by atoms with van der Waals surface area (Å²) in [5, 5.41) is 0. The molecule has 0 aliphatic carbocycles. The third kappa shape index (κ3) is 6.39. The molecule has 2 aromatic heterocycles. The van der Waals surface area contributed by atoms with E-state index in [1.165, 1.54) is 50.7 Å². The monoisotopic (exact) mass is 454 g/mol. The van der Waals surface area contributed by atoms with Crippen molar-refractivity contribution < 1.29 is 38.1 Å². The van der Waals surface area contributed by atoms with E-state index in [4.69, 9.17) is 18.9 Å². The molecule has 0 bridgehead atoms. The molecular formula is C20H22O8S2. The Kier molecular flexibility index (Phi) is 8.55. The highest BCUT2D eigenvalue weighted by atomic mass is 32.1. The fourth-order valence-corrected chi connectivity index (χ4v) is 4.69. The minimum Gasteiger partial charge on any atom is -0.465 e. The van der Waals surface area contributed by atoms with Crippen LogP contribution in [-0.4, -0.2) is 38.1 Å². The lowest BCUT2D eigenvalue weighted by atomic mass is 10.0. The van der Waals surface area contributed by atoms with Crippen molar-refractivity contribution in [3.8, 4) is 0 Å². The van der Waals surface area contributed by atoms with E-state index in [1.54, 1.807) is 12.1 Å². The molecule has 2 rings (SSSR count). The van der Waals surface area contributed by atoms with E-state index in [1.807, 2.05) is 0 Å². The third-order valence-corrected chi connectivity index (χ3v) is 6.30. The van der Waals surface area contributed by atoms with Crippen molar-refractivity contribution in [2.45, 2.75) is 39.9 Å². The first-order chi connectivity index (χ1) is 14.2. The van der Waals surface area contributed by atoms with Gasteiger partial charge in [-0.3, -0.25) is 9.59 Å². The summed E-state index contributed by atoms with van der Waals surface area (Å²) < 4.78 is 19.7. The fraction of sp³-hybridized carbons (Fsp3) is 0.400. The highest BCUT2D eigenvalue weighted by Gasteiger charge is 2.19. The molecule has 10 heteroatoms. The van der Waals surface area contributed by atoms with Crippen LogP contribution >= 0.6 is 22.7 Å². The average molecular weight is 455 g/mol. The molecule has 0 fully saturated rings. The van der Waals surface area contributed by atoms with Gasteiger partial charge in [0.05, 0.1) is 14.2 Å². The molecule has 0 radical (unpaired) electrons. The number of methoxy groups -OCH3 is 2. The number of carbonyl (C=O) groups is 4. The molecule has 30 heavy (non-hydrogen) atoms. The summed E-state index contributed by atoms with van der Waals surface area (Å²) >= 11 is 2.42. The van der Waals surface area contributed by atoms with Crippen LogP contribution in [0.25, 0.3) is 0 Å². The molecule has 2 aromatic rings. The second-order valence-electron chi connectivity index (χ2n) is 6.16. The molecule has 162 valence electrons. The number of thiophene rings is 2. The van der Waals surface area contributed by atoms with Crippen LogP contribution in [0, 0.1) is 0 Å². The zero-order chi connectivity index (χ0) is 22.3. The van der Waals surface area contributed by atoms with Crippen LogP contribution in [0.3, 0.4) is 0 Å². The molecular weight excluding hydrogens is 432 g/mol. The quantitative estimate of drug-likeness (QED) is 0.420. The Morgan fingerprint density at radius 1 is 0.733 bits per heavy atom. The molecule has 8 nitrogen and oxygen atoms in total. The lowest BCUT2D eigenvalue weighted by molar-refractivity contribution is -0.143. The zero-order valence-electron chi connectivity index (χ0n) is 17.1. The molecule has 0 aliphatic heterocycles. The second-order valence-corrected chi connectivity index (χ2v) is 8.44. The predicted molar refractivity (Wildman–Crippen MR) is 110 cm³/mol. The first-order valence-corrected chi connectivity index (χ1v) is 10.5. The number of aryl methyl sites for hydroxylation is 2. The Hall–Kier alpha value is -2.72. The van der Waals surface area contributed by atoms with Crippen molar-refractivity contribution in [2.75, 3.05) is 14.2 Å². The summed E-state index contributed by atoms with van der Waals surface area (Å²) in [7, 11) is 2.60. The van der Waals surface area contributed by atoms with Gasteiger partial charge in [-0.05, 0) is 36.1 Å². The van der Waals surface area contributed by atoms with Gasteiger partial charge in [0, 0.05) is 23.6 Å². The van der Waals surface area contributed by atoms with Crippen LogP contribution in [0.4, 0.5) is 0 Å². The third-order valence-electron chi connectivity index (χ3n) is 4.04. The van der Waals surface area contributed by atoms with Crippen molar-refractivity contribution in [1.82, 2.24) is 0 Å². The van der Waals surface area contributed by atoms with Gasteiger partial charge in [0.2, 0.25) is 0 Å². The minimum absolute atomic E-state index is 0.0592. The first kappa shape index (κ1) is 23.6. The van der Waals surface area contributed by atoms with E-state index in [2.05, 4.69) is 0 Å². The maximum atomic E-state index is 11.9. The van der Waals surface area contributed by atoms with E-state index in [0.29, 0.717) is 22.6 Å². The van der Waals surface area contributed by atoms with Crippen LogP contribution in [0.5, 0.6) is 0 Å². The van der Waals surface area contributed by atoms with Gasteiger partial charge in [-0.2, -0.15) is 0 Å². The van der Waals surface area contributed by atoms with Crippen molar-refractivity contribution in [2.24, 2.45) is 0 Å². The summed E-state index contributed by atoms with van der Waals surface area (Å²) in [6.45, 7) is 2.75.